The van der Waals surface area contributed by atoms with E-state index in [0.717, 1.165) is 16.0 Å². The standard InChI is InChI=1S/C16H14N2OS/c1-11-5-6-14(20)8-15(11)16(19)18-10-13-4-2-3-12(7-13)9-17/h2-8,20H,10H2,1H3,(H,18,19). The maximum Gasteiger partial charge on any atom is 0.251 e. The maximum atomic E-state index is 12.1. The van der Waals surface area contributed by atoms with Crippen LogP contribution in [0.25, 0.3) is 0 Å². The number of hydrogen-bond donors (Lipinski definition) is 2. The van der Waals surface area contributed by atoms with Crippen molar-refractivity contribution in [3.63, 3.8) is 0 Å². The number of carbonyl (C=O) groups is 1. The SMILES string of the molecule is Cc1ccc(S)cc1C(=O)NCc1cccc(C#N)c1. The minimum Gasteiger partial charge on any atom is -0.348 e. The Hall–Kier alpha value is -2.25. The molecule has 0 spiro atoms. The van der Waals surface area contributed by atoms with Gasteiger partial charge in [0.05, 0.1) is 11.6 Å². The zero-order chi connectivity index (χ0) is 14.5. The first-order valence-corrected chi connectivity index (χ1v) is 6.62. The van der Waals surface area contributed by atoms with E-state index in [4.69, 9.17) is 5.26 Å². The zero-order valence-corrected chi connectivity index (χ0v) is 11.9. The molecule has 0 bridgehead atoms. The van der Waals surface area contributed by atoms with Gasteiger partial charge >= 0.3 is 0 Å². The summed E-state index contributed by atoms with van der Waals surface area (Å²) in [5.74, 6) is -0.138. The molecule has 0 aromatic heterocycles. The highest BCUT2D eigenvalue weighted by Gasteiger charge is 2.09. The van der Waals surface area contributed by atoms with Crippen molar-refractivity contribution < 1.29 is 4.79 Å². The van der Waals surface area contributed by atoms with Crippen LogP contribution in [0.4, 0.5) is 0 Å². The minimum atomic E-state index is -0.138. The number of nitrogens with zero attached hydrogens (tertiary/aromatic N) is 1. The zero-order valence-electron chi connectivity index (χ0n) is 11.1. The molecule has 100 valence electrons. The van der Waals surface area contributed by atoms with Gasteiger partial charge in [0.25, 0.3) is 5.91 Å². The third-order valence-corrected chi connectivity index (χ3v) is 3.25. The summed E-state index contributed by atoms with van der Waals surface area (Å²) < 4.78 is 0. The molecule has 0 radical (unpaired) electrons. The van der Waals surface area contributed by atoms with Crippen molar-refractivity contribution in [3.05, 3.63) is 64.7 Å². The van der Waals surface area contributed by atoms with Crippen LogP contribution in [0.15, 0.2) is 47.4 Å². The lowest BCUT2D eigenvalue weighted by Gasteiger charge is -2.08. The van der Waals surface area contributed by atoms with Crippen LogP contribution in [0.1, 0.15) is 27.0 Å². The van der Waals surface area contributed by atoms with E-state index < -0.39 is 0 Å². The summed E-state index contributed by atoms with van der Waals surface area (Å²) in [4.78, 5) is 12.9. The Kier molecular flexibility index (Phi) is 4.44. The smallest absolute Gasteiger partial charge is 0.251 e. The summed E-state index contributed by atoms with van der Waals surface area (Å²) >= 11 is 4.24. The summed E-state index contributed by atoms with van der Waals surface area (Å²) in [7, 11) is 0. The maximum absolute atomic E-state index is 12.1. The van der Waals surface area contributed by atoms with Gasteiger partial charge in [-0.2, -0.15) is 5.26 Å². The van der Waals surface area contributed by atoms with Crippen LogP contribution < -0.4 is 5.32 Å². The first-order valence-electron chi connectivity index (χ1n) is 6.17. The van der Waals surface area contributed by atoms with Crippen molar-refractivity contribution in [3.8, 4) is 6.07 Å². The highest BCUT2D eigenvalue weighted by Crippen LogP contribution is 2.14. The number of nitriles is 1. The summed E-state index contributed by atoms with van der Waals surface area (Å²) in [6.07, 6.45) is 0. The Morgan fingerprint density at radius 1 is 1.30 bits per heavy atom. The van der Waals surface area contributed by atoms with Gasteiger partial charge in [-0.05, 0) is 42.3 Å². The Balaban J connectivity index is 2.09. The second-order valence-corrected chi connectivity index (χ2v) is 5.01. The van der Waals surface area contributed by atoms with Crippen LogP contribution in [0, 0.1) is 18.3 Å². The lowest BCUT2D eigenvalue weighted by molar-refractivity contribution is 0.0950. The fourth-order valence-corrected chi connectivity index (χ4v) is 2.09. The second kappa shape index (κ2) is 6.27. The van der Waals surface area contributed by atoms with Gasteiger partial charge in [-0.25, -0.2) is 0 Å². The molecule has 0 atom stereocenters. The van der Waals surface area contributed by atoms with Crippen molar-refractivity contribution in [1.29, 1.82) is 5.26 Å². The number of thiol groups is 1. The fourth-order valence-electron chi connectivity index (χ4n) is 1.88. The Morgan fingerprint density at radius 3 is 2.85 bits per heavy atom. The molecule has 0 fully saturated rings. The monoisotopic (exact) mass is 282 g/mol. The van der Waals surface area contributed by atoms with Crippen LogP contribution >= 0.6 is 12.6 Å². The minimum absolute atomic E-state index is 0.138. The molecule has 1 amide bonds. The topological polar surface area (TPSA) is 52.9 Å². The largest absolute Gasteiger partial charge is 0.348 e. The number of nitrogens with one attached hydrogen (secondary N) is 1. The number of rotatable bonds is 3. The molecular weight excluding hydrogens is 268 g/mol. The number of carbonyl (C=O) groups excluding carboxylic acids is 1. The molecule has 1 N–H and O–H groups in total. The summed E-state index contributed by atoms with van der Waals surface area (Å²) in [6, 6.07) is 14.7. The highest BCUT2D eigenvalue weighted by molar-refractivity contribution is 7.80. The molecule has 20 heavy (non-hydrogen) atoms. The second-order valence-electron chi connectivity index (χ2n) is 4.49. The van der Waals surface area contributed by atoms with Gasteiger partial charge < -0.3 is 5.32 Å². The normalized spacial score (nSPS) is 9.85. The van der Waals surface area contributed by atoms with E-state index in [1.165, 1.54) is 0 Å². The molecule has 0 heterocycles. The average molecular weight is 282 g/mol. The van der Waals surface area contributed by atoms with Gasteiger partial charge in [0.2, 0.25) is 0 Å². The van der Waals surface area contributed by atoms with Gasteiger partial charge in [0.1, 0.15) is 0 Å². The van der Waals surface area contributed by atoms with E-state index >= 15 is 0 Å². The van der Waals surface area contributed by atoms with E-state index in [1.54, 1.807) is 24.3 Å². The van der Waals surface area contributed by atoms with Gasteiger partial charge in [0.15, 0.2) is 0 Å². The third-order valence-electron chi connectivity index (χ3n) is 2.97. The van der Waals surface area contributed by atoms with Gasteiger partial charge in [-0.1, -0.05) is 18.2 Å². The fraction of sp³-hybridized carbons (Fsp3) is 0.125. The summed E-state index contributed by atoms with van der Waals surface area (Å²) in [5.41, 5.74) is 3.02. The van der Waals surface area contributed by atoms with Crippen molar-refractivity contribution in [2.24, 2.45) is 0 Å². The lowest BCUT2D eigenvalue weighted by atomic mass is 10.1. The van der Waals surface area contributed by atoms with E-state index in [-0.39, 0.29) is 5.91 Å². The molecule has 0 unspecified atom stereocenters. The van der Waals surface area contributed by atoms with E-state index in [0.29, 0.717) is 17.7 Å². The lowest BCUT2D eigenvalue weighted by Crippen LogP contribution is -2.23. The van der Waals surface area contributed by atoms with E-state index in [1.807, 2.05) is 25.1 Å². The molecule has 0 aliphatic carbocycles. The number of aryl methyl sites for hydroxylation is 1. The molecule has 0 saturated carbocycles. The molecule has 0 aliphatic rings. The van der Waals surface area contributed by atoms with E-state index in [9.17, 15) is 4.79 Å². The van der Waals surface area contributed by atoms with Crippen molar-refractivity contribution in [1.82, 2.24) is 5.32 Å². The predicted octanol–water partition coefficient (Wildman–Crippen LogP) is 3.09. The Bertz CT molecular complexity index is 689. The van der Waals surface area contributed by atoms with Gasteiger partial charge in [-0.3, -0.25) is 4.79 Å². The van der Waals surface area contributed by atoms with Gasteiger partial charge in [-0.15, -0.1) is 12.6 Å². The quantitative estimate of drug-likeness (QED) is 0.850. The average Bonchev–Trinajstić information content (AvgIpc) is 2.47. The molecule has 0 saturated heterocycles. The van der Waals surface area contributed by atoms with Crippen molar-refractivity contribution >= 4 is 18.5 Å². The van der Waals surface area contributed by atoms with Crippen LogP contribution in [0.2, 0.25) is 0 Å². The third kappa shape index (κ3) is 3.40. The molecular formula is C16H14N2OS. The van der Waals surface area contributed by atoms with Crippen molar-refractivity contribution in [2.75, 3.05) is 0 Å². The molecule has 2 aromatic carbocycles. The molecule has 3 nitrogen and oxygen atoms in total. The van der Waals surface area contributed by atoms with Crippen LogP contribution in [0.3, 0.4) is 0 Å². The highest BCUT2D eigenvalue weighted by atomic mass is 32.1. The number of amides is 1. The van der Waals surface area contributed by atoms with Crippen LogP contribution in [-0.4, -0.2) is 5.91 Å². The van der Waals surface area contributed by atoms with Crippen molar-refractivity contribution in [2.45, 2.75) is 18.4 Å². The van der Waals surface area contributed by atoms with Crippen LogP contribution in [0.5, 0.6) is 0 Å². The molecule has 4 heteroatoms. The molecule has 0 aliphatic heterocycles. The number of hydrogen-bond acceptors (Lipinski definition) is 3. The first-order chi connectivity index (χ1) is 9.60. The number of benzene rings is 2. The summed E-state index contributed by atoms with van der Waals surface area (Å²) in [5, 5.41) is 11.7. The summed E-state index contributed by atoms with van der Waals surface area (Å²) in [6.45, 7) is 2.28. The van der Waals surface area contributed by atoms with Gasteiger partial charge in [0, 0.05) is 17.0 Å². The predicted molar refractivity (Wildman–Crippen MR) is 80.8 cm³/mol. The molecule has 2 rings (SSSR count). The Labute approximate surface area is 123 Å². The molecule has 2 aromatic rings. The van der Waals surface area contributed by atoms with Crippen LogP contribution in [-0.2, 0) is 6.54 Å². The Morgan fingerprint density at radius 2 is 2.10 bits per heavy atom. The van der Waals surface area contributed by atoms with E-state index in [2.05, 4.69) is 24.0 Å². The first kappa shape index (κ1) is 14.2.